The first kappa shape index (κ1) is 22.4. The Morgan fingerprint density at radius 1 is 0.844 bits per heavy atom. The van der Waals surface area contributed by atoms with Gasteiger partial charge in [0.25, 0.3) is 0 Å². The van der Waals surface area contributed by atoms with Gasteiger partial charge in [-0.05, 0) is 43.0 Å². The van der Waals surface area contributed by atoms with Crippen molar-refractivity contribution in [3.8, 4) is 0 Å². The van der Waals surface area contributed by atoms with Crippen LogP contribution in [0.25, 0.3) is 0 Å². The zero-order valence-corrected chi connectivity index (χ0v) is 19.2. The molecule has 0 amide bonds. The fraction of sp³-hybridized carbons (Fsp3) is 0.357. The van der Waals surface area contributed by atoms with E-state index >= 15 is 0 Å². The van der Waals surface area contributed by atoms with E-state index in [2.05, 4.69) is 88.8 Å². The summed E-state index contributed by atoms with van der Waals surface area (Å²) in [6.45, 7) is 7.67. The Balaban J connectivity index is 1.33. The van der Waals surface area contributed by atoms with Gasteiger partial charge in [-0.3, -0.25) is 4.90 Å². The van der Waals surface area contributed by atoms with Crippen molar-refractivity contribution in [1.29, 1.82) is 0 Å². The van der Waals surface area contributed by atoms with Crippen LogP contribution in [0.3, 0.4) is 0 Å². The van der Waals surface area contributed by atoms with Crippen LogP contribution in [0.5, 0.6) is 0 Å². The first-order valence-electron chi connectivity index (χ1n) is 11.8. The second-order valence-corrected chi connectivity index (χ2v) is 9.03. The molecule has 0 aliphatic carbocycles. The molecule has 0 saturated carbocycles. The maximum Gasteiger partial charge on any atom is 0.0576 e. The van der Waals surface area contributed by atoms with Crippen molar-refractivity contribution >= 4 is 11.4 Å². The Bertz CT molecular complexity index is 894. The molecule has 168 valence electrons. The van der Waals surface area contributed by atoms with Crippen LogP contribution in [0.15, 0.2) is 84.9 Å². The third-order valence-electron chi connectivity index (χ3n) is 6.51. The zero-order valence-electron chi connectivity index (χ0n) is 19.2. The molecule has 4 rings (SSSR count). The molecule has 4 heteroatoms. The SMILES string of the molecule is CC(CN1CCC(Nc2ccccc2N)CC1)N(Cc1ccccc1)Cc1ccccc1. The number of para-hydroxylation sites is 2. The largest absolute Gasteiger partial charge is 0.397 e. The number of nitrogens with one attached hydrogen (secondary N) is 1. The fourth-order valence-corrected chi connectivity index (χ4v) is 4.60. The summed E-state index contributed by atoms with van der Waals surface area (Å²) in [7, 11) is 0. The molecule has 0 bridgehead atoms. The van der Waals surface area contributed by atoms with Crippen molar-refractivity contribution in [2.24, 2.45) is 0 Å². The number of nitrogen functional groups attached to an aromatic ring is 1. The Kier molecular flexibility index (Phi) is 7.81. The van der Waals surface area contributed by atoms with Gasteiger partial charge in [-0.25, -0.2) is 0 Å². The highest BCUT2D eigenvalue weighted by Crippen LogP contribution is 2.22. The molecule has 0 radical (unpaired) electrons. The van der Waals surface area contributed by atoms with Gasteiger partial charge in [0.15, 0.2) is 0 Å². The molecular weight excluding hydrogens is 392 g/mol. The van der Waals surface area contributed by atoms with Gasteiger partial charge in [-0.2, -0.15) is 0 Å². The molecule has 1 aliphatic heterocycles. The minimum Gasteiger partial charge on any atom is -0.397 e. The van der Waals surface area contributed by atoms with Crippen molar-refractivity contribution in [1.82, 2.24) is 9.80 Å². The molecule has 32 heavy (non-hydrogen) atoms. The lowest BCUT2D eigenvalue weighted by molar-refractivity contribution is 0.120. The van der Waals surface area contributed by atoms with E-state index in [1.54, 1.807) is 0 Å². The highest BCUT2D eigenvalue weighted by atomic mass is 15.2. The Hall–Kier alpha value is -2.82. The molecule has 4 nitrogen and oxygen atoms in total. The summed E-state index contributed by atoms with van der Waals surface area (Å²) in [5, 5.41) is 3.65. The molecule has 1 heterocycles. The first-order valence-corrected chi connectivity index (χ1v) is 11.8. The van der Waals surface area contributed by atoms with Crippen LogP contribution in [0.1, 0.15) is 30.9 Å². The molecule has 3 N–H and O–H groups in total. The van der Waals surface area contributed by atoms with E-state index in [4.69, 9.17) is 5.73 Å². The van der Waals surface area contributed by atoms with Gasteiger partial charge < -0.3 is 16.0 Å². The van der Waals surface area contributed by atoms with E-state index in [0.717, 1.165) is 56.9 Å². The molecule has 0 spiro atoms. The van der Waals surface area contributed by atoms with Crippen molar-refractivity contribution < 1.29 is 0 Å². The summed E-state index contributed by atoms with van der Waals surface area (Å²) in [6, 6.07) is 30.7. The molecule has 1 aliphatic rings. The van der Waals surface area contributed by atoms with E-state index in [1.807, 2.05) is 18.2 Å². The summed E-state index contributed by atoms with van der Waals surface area (Å²) in [6.07, 6.45) is 2.30. The van der Waals surface area contributed by atoms with Crippen LogP contribution in [-0.4, -0.2) is 41.5 Å². The van der Waals surface area contributed by atoms with Crippen LogP contribution < -0.4 is 11.1 Å². The lowest BCUT2D eigenvalue weighted by Gasteiger charge is -2.37. The summed E-state index contributed by atoms with van der Waals surface area (Å²) < 4.78 is 0. The number of likely N-dealkylation sites (tertiary alicyclic amines) is 1. The van der Waals surface area contributed by atoms with Crippen LogP contribution in [-0.2, 0) is 13.1 Å². The number of nitrogens with zero attached hydrogens (tertiary/aromatic N) is 2. The monoisotopic (exact) mass is 428 g/mol. The highest BCUT2D eigenvalue weighted by molar-refractivity contribution is 5.65. The summed E-state index contributed by atoms with van der Waals surface area (Å²) >= 11 is 0. The molecular formula is C28H36N4. The van der Waals surface area contributed by atoms with Gasteiger partial charge in [0.2, 0.25) is 0 Å². The van der Waals surface area contributed by atoms with Crippen LogP contribution in [0, 0.1) is 0 Å². The van der Waals surface area contributed by atoms with Crippen LogP contribution >= 0.6 is 0 Å². The van der Waals surface area contributed by atoms with Crippen LogP contribution in [0.2, 0.25) is 0 Å². The maximum absolute atomic E-state index is 6.11. The highest BCUT2D eigenvalue weighted by Gasteiger charge is 2.23. The molecule has 1 fully saturated rings. The number of hydrogen-bond donors (Lipinski definition) is 2. The second-order valence-electron chi connectivity index (χ2n) is 9.03. The quantitative estimate of drug-likeness (QED) is 0.458. The average molecular weight is 429 g/mol. The van der Waals surface area contributed by atoms with Crippen molar-refractivity contribution in [3.63, 3.8) is 0 Å². The van der Waals surface area contributed by atoms with Crippen molar-refractivity contribution in [3.05, 3.63) is 96.1 Å². The van der Waals surface area contributed by atoms with E-state index in [-0.39, 0.29) is 0 Å². The van der Waals surface area contributed by atoms with Gasteiger partial charge in [-0.15, -0.1) is 0 Å². The van der Waals surface area contributed by atoms with E-state index in [1.165, 1.54) is 11.1 Å². The third kappa shape index (κ3) is 6.35. The van der Waals surface area contributed by atoms with Crippen LogP contribution in [0.4, 0.5) is 11.4 Å². The number of benzene rings is 3. The molecule has 3 aromatic rings. The van der Waals surface area contributed by atoms with Gasteiger partial charge in [-0.1, -0.05) is 72.8 Å². The van der Waals surface area contributed by atoms with Gasteiger partial charge in [0.1, 0.15) is 0 Å². The minimum atomic E-state index is 0.477. The Labute approximate surface area is 193 Å². The predicted octanol–water partition coefficient (Wildman–Crippen LogP) is 5.24. The first-order chi connectivity index (χ1) is 15.7. The molecule has 1 atom stereocenters. The van der Waals surface area contributed by atoms with Gasteiger partial charge >= 0.3 is 0 Å². The van der Waals surface area contributed by atoms with Gasteiger partial charge in [0, 0.05) is 44.8 Å². The topological polar surface area (TPSA) is 44.5 Å². The summed E-state index contributed by atoms with van der Waals surface area (Å²) in [4.78, 5) is 5.24. The molecule has 0 aromatic heterocycles. The number of hydrogen-bond acceptors (Lipinski definition) is 4. The molecule has 3 aromatic carbocycles. The lowest BCUT2D eigenvalue weighted by Crippen LogP contribution is -2.46. The Morgan fingerprint density at radius 2 is 1.38 bits per heavy atom. The molecule has 1 unspecified atom stereocenters. The van der Waals surface area contributed by atoms with E-state index in [0.29, 0.717) is 12.1 Å². The van der Waals surface area contributed by atoms with E-state index in [9.17, 15) is 0 Å². The number of nitrogens with two attached hydrogens (primary N) is 1. The van der Waals surface area contributed by atoms with E-state index < -0.39 is 0 Å². The standard InChI is InChI=1S/C28H36N4/c1-23(20-31-18-16-26(17-19-31)30-28-15-9-8-14-27(28)29)32(21-24-10-4-2-5-11-24)22-25-12-6-3-7-13-25/h2-15,23,26,30H,16-22,29H2,1H3. The normalized spacial score (nSPS) is 16.2. The average Bonchev–Trinajstić information content (AvgIpc) is 2.83. The predicted molar refractivity (Wildman–Crippen MR) is 136 cm³/mol. The molecule has 1 saturated heterocycles. The van der Waals surface area contributed by atoms with Crippen molar-refractivity contribution in [2.75, 3.05) is 30.7 Å². The van der Waals surface area contributed by atoms with Gasteiger partial charge in [0.05, 0.1) is 11.4 Å². The maximum atomic E-state index is 6.11. The zero-order chi connectivity index (χ0) is 22.2. The summed E-state index contributed by atoms with van der Waals surface area (Å²) in [5.41, 5.74) is 10.8. The smallest absolute Gasteiger partial charge is 0.0576 e. The third-order valence-corrected chi connectivity index (χ3v) is 6.51. The minimum absolute atomic E-state index is 0.477. The Morgan fingerprint density at radius 3 is 1.94 bits per heavy atom. The summed E-state index contributed by atoms with van der Waals surface area (Å²) in [5.74, 6) is 0. The fourth-order valence-electron chi connectivity index (χ4n) is 4.60. The number of anilines is 2. The second kappa shape index (κ2) is 11.2. The van der Waals surface area contributed by atoms with Crippen molar-refractivity contribution in [2.45, 2.75) is 44.9 Å². The number of piperidine rings is 1. The number of rotatable bonds is 9. The lowest BCUT2D eigenvalue weighted by atomic mass is 10.0.